The van der Waals surface area contributed by atoms with Gasteiger partial charge in [0.15, 0.2) is 17.3 Å². The minimum absolute atomic E-state index is 0.0884. The van der Waals surface area contributed by atoms with Gasteiger partial charge in [-0.1, -0.05) is 42.5 Å². The van der Waals surface area contributed by atoms with Crippen molar-refractivity contribution in [2.24, 2.45) is 15.6 Å². The molecule has 0 unspecified atom stereocenters. The standard InChI is InChI=1S/C18H15N3O3/c22-16-9-4-2-1-3-7-13-19-20-21-24-18-10-6-5-8-15(18)14-17(23)12-11-16/h1-13H,14H2/b2-1-,7-3-,9-4-,12-11-,19-13-,21-20-. The molecular weight excluding hydrogens is 306 g/mol. The SMILES string of the molecule is O=C1\C=C/C=C\C=C/C=N\N=N/Oc2ccccc2CC(=O)/C=C\1. The van der Waals surface area contributed by atoms with E-state index in [-0.39, 0.29) is 18.0 Å². The van der Waals surface area contributed by atoms with Crippen LogP contribution < -0.4 is 4.84 Å². The Morgan fingerprint density at radius 3 is 2.58 bits per heavy atom. The summed E-state index contributed by atoms with van der Waals surface area (Å²) in [5, 5.41) is 10.7. The Labute approximate surface area is 139 Å². The van der Waals surface area contributed by atoms with Crippen molar-refractivity contribution in [3.8, 4) is 5.75 Å². The average Bonchev–Trinajstić information content (AvgIpc) is 2.58. The highest BCUT2D eigenvalue weighted by atomic mass is 16.6. The number of fused-ring (bicyclic) bond motifs is 1. The van der Waals surface area contributed by atoms with E-state index in [9.17, 15) is 9.59 Å². The minimum atomic E-state index is -0.266. The summed E-state index contributed by atoms with van der Waals surface area (Å²) < 4.78 is 0. The summed E-state index contributed by atoms with van der Waals surface area (Å²) >= 11 is 0. The Morgan fingerprint density at radius 2 is 1.67 bits per heavy atom. The molecule has 0 amide bonds. The van der Waals surface area contributed by atoms with Crippen molar-refractivity contribution < 1.29 is 14.4 Å². The maximum Gasteiger partial charge on any atom is 0.178 e. The van der Waals surface area contributed by atoms with Gasteiger partial charge in [-0.15, -0.1) is 5.10 Å². The van der Waals surface area contributed by atoms with Crippen LogP contribution in [0.2, 0.25) is 0 Å². The van der Waals surface area contributed by atoms with E-state index in [2.05, 4.69) is 15.6 Å². The van der Waals surface area contributed by atoms with Crippen molar-refractivity contribution in [1.82, 2.24) is 0 Å². The molecule has 0 spiro atoms. The van der Waals surface area contributed by atoms with E-state index in [0.29, 0.717) is 11.3 Å². The number of allylic oxidation sites excluding steroid dienone is 8. The first-order valence-electron chi connectivity index (χ1n) is 7.19. The zero-order chi connectivity index (χ0) is 17.0. The number of hydrogen-bond donors (Lipinski definition) is 0. The summed E-state index contributed by atoms with van der Waals surface area (Å²) in [5.74, 6) is -0.0793. The highest BCUT2D eigenvalue weighted by molar-refractivity contribution is 6.04. The Balaban J connectivity index is 2.23. The molecular formula is C18H15N3O3. The van der Waals surface area contributed by atoms with Gasteiger partial charge in [-0.05, 0) is 35.6 Å². The maximum atomic E-state index is 12.0. The summed E-state index contributed by atoms with van der Waals surface area (Å²) in [6.45, 7) is 0. The summed E-state index contributed by atoms with van der Waals surface area (Å²) in [5.41, 5.74) is 0.641. The lowest BCUT2D eigenvalue weighted by molar-refractivity contribution is -0.115. The second-order valence-electron chi connectivity index (χ2n) is 4.64. The zero-order valence-corrected chi connectivity index (χ0v) is 12.8. The van der Waals surface area contributed by atoms with Crippen molar-refractivity contribution in [3.05, 3.63) is 78.4 Å². The van der Waals surface area contributed by atoms with Gasteiger partial charge in [-0.2, -0.15) is 0 Å². The maximum absolute atomic E-state index is 12.0. The molecule has 1 aliphatic rings. The number of hydrogen-bond acceptors (Lipinski definition) is 6. The van der Waals surface area contributed by atoms with Crippen LogP contribution in [0, 0.1) is 0 Å². The fraction of sp³-hybridized carbons (Fsp3) is 0.0556. The zero-order valence-electron chi connectivity index (χ0n) is 12.8. The fourth-order valence-electron chi connectivity index (χ4n) is 1.76. The van der Waals surface area contributed by atoms with E-state index in [1.807, 2.05) is 0 Å². The largest absolute Gasteiger partial charge is 0.338 e. The van der Waals surface area contributed by atoms with Crippen LogP contribution in [0.1, 0.15) is 5.56 Å². The molecule has 0 radical (unpaired) electrons. The van der Waals surface area contributed by atoms with Gasteiger partial charge in [-0.3, -0.25) is 9.59 Å². The van der Waals surface area contributed by atoms with Crippen molar-refractivity contribution >= 4 is 17.8 Å². The first kappa shape index (κ1) is 17.0. The van der Waals surface area contributed by atoms with Crippen LogP contribution in [0.3, 0.4) is 0 Å². The molecule has 6 nitrogen and oxygen atoms in total. The molecule has 0 aromatic heterocycles. The Hall–Kier alpha value is -3.41. The Bertz CT molecular complexity index is 771. The number of carbonyl (C=O) groups excluding carboxylic acids is 2. The highest BCUT2D eigenvalue weighted by Crippen LogP contribution is 2.19. The Morgan fingerprint density at radius 1 is 0.875 bits per heavy atom. The van der Waals surface area contributed by atoms with E-state index < -0.39 is 0 Å². The summed E-state index contributed by atoms with van der Waals surface area (Å²) in [6, 6.07) is 6.96. The molecule has 2 rings (SSSR count). The van der Waals surface area contributed by atoms with Crippen LogP contribution in [-0.4, -0.2) is 17.8 Å². The lowest BCUT2D eigenvalue weighted by Gasteiger charge is -2.03. The van der Waals surface area contributed by atoms with Crippen molar-refractivity contribution in [1.29, 1.82) is 0 Å². The summed E-state index contributed by atoms with van der Waals surface area (Å²) in [7, 11) is 0. The van der Waals surface area contributed by atoms with Gasteiger partial charge in [0.2, 0.25) is 0 Å². The number of benzene rings is 1. The van der Waals surface area contributed by atoms with Gasteiger partial charge in [0.1, 0.15) is 0 Å². The van der Waals surface area contributed by atoms with E-state index >= 15 is 0 Å². The summed E-state index contributed by atoms with van der Waals surface area (Å²) in [6.07, 6.45) is 13.7. The van der Waals surface area contributed by atoms with Gasteiger partial charge in [-0.25, -0.2) is 0 Å². The smallest absolute Gasteiger partial charge is 0.178 e. The average molecular weight is 321 g/mol. The number of nitrogens with zero attached hydrogens (tertiary/aromatic N) is 3. The third-order valence-corrected chi connectivity index (χ3v) is 2.86. The molecule has 1 heterocycles. The van der Waals surface area contributed by atoms with Crippen LogP contribution in [-0.2, 0) is 16.0 Å². The van der Waals surface area contributed by atoms with Gasteiger partial charge in [0.25, 0.3) is 0 Å². The van der Waals surface area contributed by atoms with Crippen molar-refractivity contribution in [3.63, 3.8) is 0 Å². The van der Waals surface area contributed by atoms with Crippen molar-refractivity contribution in [2.45, 2.75) is 6.42 Å². The molecule has 0 fully saturated rings. The second kappa shape index (κ2) is 9.58. The van der Waals surface area contributed by atoms with Crippen LogP contribution in [0.25, 0.3) is 0 Å². The first-order valence-corrected chi connectivity index (χ1v) is 7.19. The minimum Gasteiger partial charge on any atom is -0.338 e. The molecule has 0 N–H and O–H groups in total. The molecule has 120 valence electrons. The van der Waals surface area contributed by atoms with Gasteiger partial charge in [0, 0.05) is 12.0 Å². The molecule has 6 heteroatoms. The van der Waals surface area contributed by atoms with Crippen LogP contribution in [0.15, 0.2) is 88.5 Å². The third-order valence-electron chi connectivity index (χ3n) is 2.86. The van der Waals surface area contributed by atoms with Gasteiger partial charge < -0.3 is 4.84 Å². The van der Waals surface area contributed by atoms with Crippen LogP contribution in [0.5, 0.6) is 5.75 Å². The van der Waals surface area contributed by atoms with Crippen LogP contribution in [0.4, 0.5) is 0 Å². The number of ketones is 2. The molecule has 0 saturated heterocycles. The number of para-hydroxylation sites is 1. The van der Waals surface area contributed by atoms with Crippen molar-refractivity contribution in [2.75, 3.05) is 0 Å². The van der Waals surface area contributed by atoms with E-state index in [0.717, 1.165) is 0 Å². The molecule has 0 bridgehead atoms. The Kier molecular flexibility index (Phi) is 6.76. The molecule has 0 atom stereocenters. The molecule has 1 aromatic rings. The lowest BCUT2D eigenvalue weighted by atomic mass is 10.1. The topological polar surface area (TPSA) is 80.4 Å². The molecule has 1 aromatic carbocycles. The first-order chi connectivity index (χ1) is 11.8. The van der Waals surface area contributed by atoms with E-state index in [1.165, 1.54) is 24.4 Å². The normalized spacial score (nSPS) is 23.7. The van der Waals surface area contributed by atoms with E-state index in [4.69, 9.17) is 4.84 Å². The highest BCUT2D eigenvalue weighted by Gasteiger charge is 2.07. The van der Waals surface area contributed by atoms with Crippen LogP contribution >= 0.6 is 0 Å². The molecule has 0 aliphatic carbocycles. The van der Waals surface area contributed by atoms with Gasteiger partial charge in [0.05, 0.1) is 11.5 Å². The fourth-order valence-corrected chi connectivity index (χ4v) is 1.76. The third kappa shape index (κ3) is 6.15. The number of rotatable bonds is 0. The molecule has 1 aliphatic heterocycles. The monoisotopic (exact) mass is 321 g/mol. The predicted molar refractivity (Wildman–Crippen MR) is 90.7 cm³/mol. The molecule has 24 heavy (non-hydrogen) atoms. The second-order valence-corrected chi connectivity index (χ2v) is 4.64. The van der Waals surface area contributed by atoms with Gasteiger partial charge >= 0.3 is 0 Å². The summed E-state index contributed by atoms with van der Waals surface area (Å²) in [4.78, 5) is 28.7. The lowest BCUT2D eigenvalue weighted by Crippen LogP contribution is -2.01. The predicted octanol–water partition coefficient (Wildman–Crippen LogP) is 3.34. The molecule has 0 saturated carbocycles. The number of carbonyl (C=O) groups is 2. The quantitative estimate of drug-likeness (QED) is 0.735. The van der Waals surface area contributed by atoms with E-state index in [1.54, 1.807) is 54.6 Å².